The van der Waals surface area contributed by atoms with Crippen LogP contribution in [-0.2, 0) is 10.9 Å². The highest BCUT2D eigenvalue weighted by molar-refractivity contribution is 5.68. The van der Waals surface area contributed by atoms with Gasteiger partial charge in [0.1, 0.15) is 23.8 Å². The zero-order valence-electron chi connectivity index (χ0n) is 20.3. The number of nitrogen functional groups attached to an aromatic ring is 1. The first-order valence-corrected chi connectivity index (χ1v) is 11.3. The molecule has 0 saturated carbocycles. The third-order valence-electron chi connectivity index (χ3n) is 5.07. The van der Waals surface area contributed by atoms with E-state index in [1.807, 2.05) is 0 Å². The van der Waals surface area contributed by atoms with E-state index in [2.05, 4.69) is 20.4 Å². The first-order valence-electron chi connectivity index (χ1n) is 11.3. The molecular weight excluding hydrogens is 489 g/mol. The Labute approximate surface area is 210 Å². The average molecular weight is 515 g/mol. The van der Waals surface area contributed by atoms with Gasteiger partial charge in [-0.1, -0.05) is 0 Å². The van der Waals surface area contributed by atoms with Crippen molar-refractivity contribution in [3.05, 3.63) is 60.4 Å². The monoisotopic (exact) mass is 514 g/mol. The van der Waals surface area contributed by atoms with Crippen LogP contribution in [0.25, 0.3) is 28.2 Å². The molecule has 0 saturated heterocycles. The summed E-state index contributed by atoms with van der Waals surface area (Å²) in [5.41, 5.74) is 6.14. The van der Waals surface area contributed by atoms with Gasteiger partial charge in [0.15, 0.2) is 5.65 Å². The maximum atomic E-state index is 13.3. The van der Waals surface area contributed by atoms with Crippen LogP contribution in [0.2, 0.25) is 0 Å². The molecule has 37 heavy (non-hydrogen) atoms. The second kappa shape index (κ2) is 9.96. The van der Waals surface area contributed by atoms with Gasteiger partial charge >= 0.3 is 12.3 Å². The first kappa shape index (κ1) is 25.7. The number of alkyl halides is 3. The summed E-state index contributed by atoms with van der Waals surface area (Å²) in [4.78, 5) is 19.6. The van der Waals surface area contributed by atoms with Crippen molar-refractivity contribution in [2.45, 2.75) is 32.5 Å². The Balaban J connectivity index is 1.48. The minimum absolute atomic E-state index is 0.183. The number of amides is 1. The fraction of sp³-hybridized carbons (Fsp3) is 0.280. The maximum absolute atomic E-state index is 13.3. The SMILES string of the molecule is CC(C)(C)OC(=O)NCCOc1ccc(-c2ccc3ncc(-c4cnc(N)c(C(F)(F)F)c4)n3n2)cc1. The molecule has 3 N–H and O–H groups in total. The van der Waals surface area contributed by atoms with Gasteiger partial charge in [-0.15, -0.1) is 0 Å². The number of halogens is 3. The number of hydrogen-bond acceptors (Lipinski definition) is 7. The molecule has 3 aromatic heterocycles. The van der Waals surface area contributed by atoms with Crippen LogP contribution in [0, 0.1) is 0 Å². The zero-order valence-corrected chi connectivity index (χ0v) is 20.3. The van der Waals surface area contributed by atoms with Crippen molar-refractivity contribution in [1.82, 2.24) is 24.9 Å². The summed E-state index contributed by atoms with van der Waals surface area (Å²) in [7, 11) is 0. The summed E-state index contributed by atoms with van der Waals surface area (Å²) in [6, 6.07) is 11.5. The van der Waals surface area contributed by atoms with E-state index in [0.29, 0.717) is 22.8 Å². The van der Waals surface area contributed by atoms with Gasteiger partial charge in [-0.2, -0.15) is 18.3 Å². The van der Waals surface area contributed by atoms with E-state index >= 15 is 0 Å². The van der Waals surface area contributed by atoms with Crippen molar-refractivity contribution in [3.8, 4) is 28.3 Å². The highest BCUT2D eigenvalue weighted by Gasteiger charge is 2.34. The third kappa shape index (κ3) is 6.26. The van der Waals surface area contributed by atoms with Gasteiger partial charge in [0.2, 0.25) is 0 Å². The quantitative estimate of drug-likeness (QED) is 0.349. The van der Waals surface area contributed by atoms with Gasteiger partial charge in [0.25, 0.3) is 0 Å². The Morgan fingerprint density at radius 2 is 1.76 bits per heavy atom. The van der Waals surface area contributed by atoms with Crippen molar-refractivity contribution in [1.29, 1.82) is 0 Å². The second-order valence-electron chi connectivity index (χ2n) is 9.09. The van der Waals surface area contributed by atoms with Crippen LogP contribution in [-0.4, -0.2) is 44.4 Å². The number of fused-ring (bicyclic) bond motifs is 1. The van der Waals surface area contributed by atoms with Crippen LogP contribution in [0.15, 0.2) is 54.9 Å². The topological polar surface area (TPSA) is 117 Å². The largest absolute Gasteiger partial charge is 0.492 e. The molecule has 0 unspecified atom stereocenters. The van der Waals surface area contributed by atoms with Crippen molar-refractivity contribution in [2.24, 2.45) is 0 Å². The molecule has 0 spiro atoms. The standard InChI is InChI=1S/C25H25F3N6O3/c1-24(2,3)37-23(35)30-10-11-36-17-6-4-15(5-7-17)19-8-9-21-31-14-20(34(21)33-19)16-12-18(25(26,27)28)22(29)32-13-16/h4-9,12-14H,10-11H2,1-3H3,(H2,29,32)(H,30,35). The number of nitrogens with one attached hydrogen (secondary N) is 1. The fourth-order valence-electron chi connectivity index (χ4n) is 3.42. The lowest BCUT2D eigenvalue weighted by Crippen LogP contribution is -2.34. The Morgan fingerprint density at radius 3 is 2.43 bits per heavy atom. The average Bonchev–Trinajstić information content (AvgIpc) is 3.24. The summed E-state index contributed by atoms with van der Waals surface area (Å²) in [5.74, 6) is -0.00610. The lowest BCUT2D eigenvalue weighted by molar-refractivity contribution is -0.137. The summed E-state index contributed by atoms with van der Waals surface area (Å²) in [6.07, 6.45) is -2.47. The van der Waals surface area contributed by atoms with Gasteiger partial charge in [-0.25, -0.2) is 19.3 Å². The van der Waals surface area contributed by atoms with E-state index in [1.54, 1.807) is 57.2 Å². The lowest BCUT2D eigenvalue weighted by atomic mass is 10.1. The van der Waals surface area contributed by atoms with E-state index in [9.17, 15) is 18.0 Å². The number of nitrogens with two attached hydrogens (primary N) is 1. The summed E-state index contributed by atoms with van der Waals surface area (Å²) in [5, 5.41) is 7.18. The van der Waals surface area contributed by atoms with Crippen LogP contribution in [0.3, 0.4) is 0 Å². The smallest absolute Gasteiger partial charge is 0.419 e. The Morgan fingerprint density at radius 1 is 1.03 bits per heavy atom. The number of benzene rings is 1. The zero-order chi connectivity index (χ0) is 26.8. The van der Waals surface area contributed by atoms with Gasteiger partial charge in [0, 0.05) is 17.3 Å². The highest BCUT2D eigenvalue weighted by Crippen LogP contribution is 2.35. The van der Waals surface area contributed by atoms with Crippen molar-refractivity contribution < 1.29 is 27.4 Å². The van der Waals surface area contributed by atoms with Crippen LogP contribution in [0.5, 0.6) is 5.75 Å². The Kier molecular flexibility index (Phi) is 6.92. The molecule has 0 atom stereocenters. The number of aromatic nitrogens is 4. The number of ether oxygens (including phenoxy) is 2. The molecule has 9 nitrogen and oxygen atoms in total. The minimum Gasteiger partial charge on any atom is -0.492 e. The molecule has 0 bridgehead atoms. The number of carbonyl (C=O) groups excluding carboxylic acids is 1. The Hall–Kier alpha value is -4.35. The molecule has 194 valence electrons. The molecule has 4 rings (SSSR count). The van der Waals surface area contributed by atoms with Crippen LogP contribution in [0.1, 0.15) is 26.3 Å². The van der Waals surface area contributed by atoms with Gasteiger partial charge in [0.05, 0.1) is 29.7 Å². The molecule has 0 aliphatic carbocycles. The number of imidazole rings is 1. The van der Waals surface area contributed by atoms with E-state index < -0.39 is 29.3 Å². The molecule has 0 radical (unpaired) electrons. The number of nitrogens with zero attached hydrogens (tertiary/aromatic N) is 4. The normalized spacial score (nSPS) is 11.9. The Bertz CT molecular complexity index is 1410. The molecule has 12 heteroatoms. The van der Waals surface area contributed by atoms with Gasteiger partial charge in [-0.05, 0) is 63.2 Å². The number of hydrogen-bond donors (Lipinski definition) is 2. The highest BCUT2D eigenvalue weighted by atomic mass is 19.4. The minimum atomic E-state index is -4.64. The van der Waals surface area contributed by atoms with E-state index in [4.69, 9.17) is 15.2 Å². The molecule has 3 heterocycles. The van der Waals surface area contributed by atoms with Crippen molar-refractivity contribution >= 4 is 17.6 Å². The van der Waals surface area contributed by atoms with E-state index in [0.717, 1.165) is 11.6 Å². The third-order valence-corrected chi connectivity index (χ3v) is 5.07. The summed E-state index contributed by atoms with van der Waals surface area (Å²) in [6.45, 7) is 5.86. The van der Waals surface area contributed by atoms with E-state index in [1.165, 1.54) is 16.9 Å². The van der Waals surface area contributed by atoms with Crippen LogP contribution < -0.4 is 15.8 Å². The number of anilines is 1. The molecule has 4 aromatic rings. The summed E-state index contributed by atoms with van der Waals surface area (Å²) >= 11 is 0. The molecule has 0 aliphatic heterocycles. The maximum Gasteiger partial charge on any atom is 0.419 e. The second-order valence-corrected chi connectivity index (χ2v) is 9.09. The molecule has 0 fully saturated rings. The molecule has 0 aliphatic rings. The molecule has 1 amide bonds. The molecular formula is C25H25F3N6O3. The van der Waals surface area contributed by atoms with Crippen molar-refractivity contribution in [2.75, 3.05) is 18.9 Å². The van der Waals surface area contributed by atoms with E-state index in [-0.39, 0.29) is 18.7 Å². The van der Waals surface area contributed by atoms with Gasteiger partial charge < -0.3 is 20.5 Å². The summed E-state index contributed by atoms with van der Waals surface area (Å²) < 4.78 is 52.2. The fourth-order valence-corrected chi connectivity index (χ4v) is 3.42. The number of alkyl carbamates (subject to hydrolysis) is 1. The lowest BCUT2D eigenvalue weighted by Gasteiger charge is -2.19. The predicted molar refractivity (Wildman–Crippen MR) is 131 cm³/mol. The molecule has 1 aromatic carbocycles. The number of rotatable bonds is 6. The van der Waals surface area contributed by atoms with Crippen LogP contribution in [0.4, 0.5) is 23.8 Å². The first-order chi connectivity index (χ1) is 17.4. The van der Waals surface area contributed by atoms with Crippen LogP contribution >= 0.6 is 0 Å². The van der Waals surface area contributed by atoms with Gasteiger partial charge in [-0.3, -0.25) is 0 Å². The number of carbonyl (C=O) groups is 1. The van der Waals surface area contributed by atoms with Crippen molar-refractivity contribution in [3.63, 3.8) is 0 Å². The number of pyridine rings is 1. The predicted octanol–water partition coefficient (Wildman–Crippen LogP) is 4.96.